The number of nitrogens with one attached hydrogen (secondary N) is 1. The molecular formula is C17H20N2O2S. The van der Waals surface area contributed by atoms with E-state index in [1.807, 2.05) is 55.5 Å². The minimum atomic E-state index is -0.0184. The van der Waals surface area contributed by atoms with Crippen LogP contribution in [0.15, 0.2) is 53.4 Å². The highest BCUT2D eigenvalue weighted by molar-refractivity contribution is 7.99. The molecule has 0 aliphatic carbocycles. The largest absolute Gasteiger partial charge is 0.492 e. The molecule has 2 aromatic rings. The monoisotopic (exact) mass is 316 g/mol. The summed E-state index contributed by atoms with van der Waals surface area (Å²) >= 11 is 1.63. The van der Waals surface area contributed by atoms with Crippen molar-refractivity contribution < 1.29 is 9.53 Å². The molecule has 0 heterocycles. The summed E-state index contributed by atoms with van der Waals surface area (Å²) in [7, 11) is 0. The normalized spacial score (nSPS) is 10.2. The van der Waals surface area contributed by atoms with E-state index in [0.29, 0.717) is 30.2 Å². The van der Waals surface area contributed by atoms with Gasteiger partial charge in [0.15, 0.2) is 0 Å². The summed E-state index contributed by atoms with van der Waals surface area (Å²) in [4.78, 5) is 13.1. The van der Waals surface area contributed by atoms with E-state index < -0.39 is 0 Å². The van der Waals surface area contributed by atoms with Crippen LogP contribution in [0.5, 0.6) is 5.75 Å². The van der Waals surface area contributed by atoms with Gasteiger partial charge in [-0.1, -0.05) is 12.1 Å². The topological polar surface area (TPSA) is 64.3 Å². The molecule has 0 unspecified atom stereocenters. The molecule has 0 radical (unpaired) electrons. The van der Waals surface area contributed by atoms with Gasteiger partial charge in [-0.2, -0.15) is 0 Å². The Balaban J connectivity index is 1.82. The molecule has 22 heavy (non-hydrogen) atoms. The Kier molecular flexibility index (Phi) is 6.15. The number of nitrogens with two attached hydrogens (primary N) is 1. The van der Waals surface area contributed by atoms with E-state index in [0.717, 1.165) is 10.6 Å². The van der Waals surface area contributed by atoms with Crippen LogP contribution in [-0.2, 0) is 4.79 Å². The Hall–Kier alpha value is -2.14. The maximum Gasteiger partial charge on any atom is 0.225 e. The molecule has 0 fully saturated rings. The zero-order valence-electron chi connectivity index (χ0n) is 12.5. The number of anilines is 2. The van der Waals surface area contributed by atoms with Gasteiger partial charge < -0.3 is 15.8 Å². The summed E-state index contributed by atoms with van der Waals surface area (Å²) in [6.07, 6.45) is 0.440. The van der Waals surface area contributed by atoms with Gasteiger partial charge in [0.05, 0.1) is 12.3 Å². The Bertz CT molecular complexity index is 614. The van der Waals surface area contributed by atoms with Crippen molar-refractivity contribution in [3.8, 4) is 5.75 Å². The average molecular weight is 316 g/mol. The molecule has 5 heteroatoms. The molecule has 0 bridgehead atoms. The summed E-state index contributed by atoms with van der Waals surface area (Å²) in [6.45, 7) is 2.49. The number of thioether (sulfide) groups is 1. The number of carbonyl (C=O) groups excluding carboxylic acids is 1. The number of rotatable bonds is 7. The summed E-state index contributed by atoms with van der Waals surface area (Å²) < 4.78 is 5.49. The number of hydrogen-bond acceptors (Lipinski definition) is 4. The molecule has 4 nitrogen and oxygen atoms in total. The fourth-order valence-electron chi connectivity index (χ4n) is 1.89. The molecule has 116 valence electrons. The van der Waals surface area contributed by atoms with Crippen LogP contribution >= 0.6 is 11.8 Å². The lowest BCUT2D eigenvalue weighted by atomic mass is 10.3. The molecule has 2 rings (SSSR count). The van der Waals surface area contributed by atoms with Gasteiger partial charge in [-0.15, -0.1) is 11.8 Å². The van der Waals surface area contributed by atoms with E-state index in [2.05, 4.69) is 5.32 Å². The van der Waals surface area contributed by atoms with E-state index in [-0.39, 0.29) is 5.91 Å². The van der Waals surface area contributed by atoms with Gasteiger partial charge in [-0.25, -0.2) is 0 Å². The summed E-state index contributed by atoms with van der Waals surface area (Å²) in [5.41, 5.74) is 7.10. The standard InChI is InChI=1S/C17H20N2O2S/c1-2-21-16-6-4-3-5-15(16)19-17(20)11-12-22-14-9-7-13(18)8-10-14/h3-10H,2,11-12,18H2,1H3,(H,19,20). The third-order valence-electron chi connectivity index (χ3n) is 2.94. The lowest BCUT2D eigenvalue weighted by Gasteiger charge is -2.11. The number of hydrogen-bond donors (Lipinski definition) is 2. The van der Waals surface area contributed by atoms with Crippen LogP contribution in [0.2, 0.25) is 0 Å². The van der Waals surface area contributed by atoms with Crippen LogP contribution in [0.3, 0.4) is 0 Å². The number of benzene rings is 2. The van der Waals surface area contributed by atoms with Gasteiger partial charge in [0.2, 0.25) is 5.91 Å². The second-order valence-corrected chi connectivity index (χ2v) is 5.81. The second kappa shape index (κ2) is 8.34. The second-order valence-electron chi connectivity index (χ2n) is 4.64. The molecule has 0 spiro atoms. The minimum absolute atomic E-state index is 0.0184. The van der Waals surface area contributed by atoms with Crippen LogP contribution < -0.4 is 15.8 Å². The van der Waals surface area contributed by atoms with Crippen molar-refractivity contribution in [2.75, 3.05) is 23.4 Å². The molecule has 0 saturated carbocycles. The third-order valence-corrected chi connectivity index (χ3v) is 3.95. The lowest BCUT2D eigenvalue weighted by molar-refractivity contribution is -0.115. The van der Waals surface area contributed by atoms with E-state index in [4.69, 9.17) is 10.5 Å². The van der Waals surface area contributed by atoms with E-state index in [9.17, 15) is 4.79 Å². The molecule has 0 aliphatic heterocycles. The van der Waals surface area contributed by atoms with Crippen LogP contribution in [0.1, 0.15) is 13.3 Å². The van der Waals surface area contributed by atoms with Crippen LogP contribution in [0.4, 0.5) is 11.4 Å². The Morgan fingerprint density at radius 1 is 1.18 bits per heavy atom. The zero-order valence-corrected chi connectivity index (χ0v) is 13.4. The first-order valence-corrected chi connectivity index (χ1v) is 8.17. The number of nitrogen functional groups attached to an aromatic ring is 1. The molecule has 0 saturated heterocycles. The molecule has 2 aromatic carbocycles. The SMILES string of the molecule is CCOc1ccccc1NC(=O)CCSc1ccc(N)cc1. The first-order valence-electron chi connectivity index (χ1n) is 7.19. The van der Waals surface area contributed by atoms with E-state index in [1.54, 1.807) is 11.8 Å². The molecule has 0 atom stereocenters. The van der Waals surface area contributed by atoms with Gasteiger partial charge in [0.25, 0.3) is 0 Å². The first kappa shape index (κ1) is 16.2. The van der Waals surface area contributed by atoms with Crippen LogP contribution in [-0.4, -0.2) is 18.3 Å². The summed E-state index contributed by atoms with van der Waals surface area (Å²) in [5.74, 6) is 1.40. The van der Waals surface area contributed by atoms with E-state index in [1.165, 1.54) is 0 Å². The smallest absolute Gasteiger partial charge is 0.225 e. The number of carbonyl (C=O) groups is 1. The molecular weight excluding hydrogens is 296 g/mol. The highest BCUT2D eigenvalue weighted by Crippen LogP contribution is 2.24. The van der Waals surface area contributed by atoms with Crippen molar-refractivity contribution in [2.45, 2.75) is 18.2 Å². The average Bonchev–Trinajstić information content (AvgIpc) is 2.51. The lowest BCUT2D eigenvalue weighted by Crippen LogP contribution is -2.13. The van der Waals surface area contributed by atoms with Crippen LogP contribution in [0, 0.1) is 0 Å². The highest BCUT2D eigenvalue weighted by Gasteiger charge is 2.07. The van der Waals surface area contributed by atoms with Gasteiger partial charge in [-0.3, -0.25) is 4.79 Å². The van der Waals surface area contributed by atoms with Gasteiger partial charge in [-0.05, 0) is 43.3 Å². The van der Waals surface area contributed by atoms with Crippen molar-refractivity contribution in [3.63, 3.8) is 0 Å². The number of ether oxygens (including phenoxy) is 1. The molecule has 3 N–H and O–H groups in total. The first-order chi connectivity index (χ1) is 10.7. The molecule has 1 amide bonds. The van der Waals surface area contributed by atoms with Gasteiger partial charge in [0, 0.05) is 22.8 Å². The fourth-order valence-corrected chi connectivity index (χ4v) is 2.74. The quantitative estimate of drug-likeness (QED) is 0.602. The Morgan fingerprint density at radius 2 is 1.91 bits per heavy atom. The fraction of sp³-hybridized carbons (Fsp3) is 0.235. The molecule has 0 aliphatic rings. The van der Waals surface area contributed by atoms with Crippen molar-refractivity contribution in [3.05, 3.63) is 48.5 Å². The molecule has 0 aromatic heterocycles. The Labute approximate surface area is 135 Å². The predicted octanol–water partition coefficient (Wildman–Crippen LogP) is 3.79. The predicted molar refractivity (Wildman–Crippen MR) is 92.4 cm³/mol. The third kappa shape index (κ3) is 5.00. The van der Waals surface area contributed by atoms with Crippen molar-refractivity contribution in [2.24, 2.45) is 0 Å². The van der Waals surface area contributed by atoms with Crippen molar-refractivity contribution in [1.82, 2.24) is 0 Å². The van der Waals surface area contributed by atoms with Gasteiger partial charge in [0.1, 0.15) is 5.75 Å². The summed E-state index contributed by atoms with van der Waals surface area (Å²) in [5, 5.41) is 2.89. The highest BCUT2D eigenvalue weighted by atomic mass is 32.2. The Morgan fingerprint density at radius 3 is 2.64 bits per heavy atom. The zero-order chi connectivity index (χ0) is 15.8. The van der Waals surface area contributed by atoms with Gasteiger partial charge >= 0.3 is 0 Å². The van der Waals surface area contributed by atoms with Crippen LogP contribution in [0.25, 0.3) is 0 Å². The number of amides is 1. The van der Waals surface area contributed by atoms with E-state index >= 15 is 0 Å². The summed E-state index contributed by atoms with van der Waals surface area (Å²) in [6, 6.07) is 15.1. The van der Waals surface area contributed by atoms with Crippen molar-refractivity contribution in [1.29, 1.82) is 0 Å². The minimum Gasteiger partial charge on any atom is -0.492 e. The van der Waals surface area contributed by atoms with Crippen molar-refractivity contribution >= 4 is 29.0 Å². The maximum absolute atomic E-state index is 12.0. The number of para-hydroxylation sites is 2. The maximum atomic E-state index is 12.0.